The third kappa shape index (κ3) is 24.7. The quantitative estimate of drug-likeness (QED) is 0.632. The van der Waals surface area contributed by atoms with Crippen molar-refractivity contribution < 1.29 is 5.11 Å². The normalized spacial score (nSPS) is 9.00. The summed E-state index contributed by atoms with van der Waals surface area (Å²) in [6.45, 7) is 6.62. The van der Waals surface area contributed by atoms with E-state index in [-0.39, 0.29) is 0 Å². The monoisotopic (exact) mass is 147 g/mol. The molecule has 2 heteroatoms. The summed E-state index contributed by atoms with van der Waals surface area (Å²) >= 11 is 0. The maximum atomic E-state index is 8.07. The average molecular weight is 147 g/mol. The molecule has 0 fully saturated rings. The van der Waals surface area contributed by atoms with Crippen LogP contribution in [0.25, 0.3) is 0 Å². The summed E-state index contributed by atoms with van der Waals surface area (Å²) in [4.78, 5) is 0. The molecule has 0 radical (unpaired) electrons. The number of nitrogens with one attached hydrogen (secondary N) is 1. The zero-order valence-electron chi connectivity index (χ0n) is 7.65. The van der Waals surface area contributed by atoms with Crippen molar-refractivity contribution in [3.63, 3.8) is 0 Å². The standard InChI is InChI=1S/C4H11N.C4H10O/c1-4(2)5-3;1-2-3-4-5/h4-5H,1-3H3;5H,2-4H2,1H3. The predicted molar refractivity (Wildman–Crippen MR) is 46.2 cm³/mol. The van der Waals surface area contributed by atoms with Gasteiger partial charge in [0.1, 0.15) is 0 Å². The number of unbranched alkanes of at least 4 members (excludes halogenated alkanes) is 1. The summed E-state index contributed by atoms with van der Waals surface area (Å²) in [6.07, 6.45) is 2.04. The van der Waals surface area contributed by atoms with Crippen molar-refractivity contribution in [1.29, 1.82) is 0 Å². The van der Waals surface area contributed by atoms with Gasteiger partial charge >= 0.3 is 0 Å². The van der Waals surface area contributed by atoms with Crippen LogP contribution in [0.1, 0.15) is 33.6 Å². The van der Waals surface area contributed by atoms with Crippen molar-refractivity contribution in [2.75, 3.05) is 13.7 Å². The van der Waals surface area contributed by atoms with Gasteiger partial charge in [0.25, 0.3) is 0 Å². The zero-order valence-corrected chi connectivity index (χ0v) is 7.65. The highest BCUT2D eigenvalue weighted by molar-refractivity contribution is 4.40. The SMILES string of the molecule is CCCCO.CNC(C)C. The fourth-order valence-corrected chi connectivity index (χ4v) is 0.158. The molecule has 0 amide bonds. The van der Waals surface area contributed by atoms with Crippen molar-refractivity contribution in [3.8, 4) is 0 Å². The Labute approximate surface area is 64.6 Å². The molecule has 0 saturated carbocycles. The maximum Gasteiger partial charge on any atom is 0.0430 e. The zero-order chi connectivity index (χ0) is 8.41. The molecule has 2 N–H and O–H groups in total. The number of aliphatic hydroxyl groups excluding tert-OH is 1. The van der Waals surface area contributed by atoms with Crippen molar-refractivity contribution in [3.05, 3.63) is 0 Å². The Bertz CT molecular complexity index is 44.5. The van der Waals surface area contributed by atoms with Gasteiger partial charge < -0.3 is 10.4 Å². The first-order valence-corrected chi connectivity index (χ1v) is 3.97. The fourth-order valence-electron chi connectivity index (χ4n) is 0.158. The van der Waals surface area contributed by atoms with E-state index < -0.39 is 0 Å². The van der Waals surface area contributed by atoms with Gasteiger partial charge in [0.2, 0.25) is 0 Å². The Hall–Kier alpha value is -0.0800. The molecule has 0 aliphatic rings. The van der Waals surface area contributed by atoms with E-state index in [9.17, 15) is 0 Å². The van der Waals surface area contributed by atoms with E-state index in [0.29, 0.717) is 12.6 Å². The van der Waals surface area contributed by atoms with E-state index in [1.54, 1.807) is 0 Å². The molecule has 0 heterocycles. The Kier molecular flexibility index (Phi) is 14.7. The van der Waals surface area contributed by atoms with Gasteiger partial charge in [-0.1, -0.05) is 27.2 Å². The molecule has 0 rings (SSSR count). The lowest BCUT2D eigenvalue weighted by Gasteiger charge is -1.95. The van der Waals surface area contributed by atoms with Crippen LogP contribution in [-0.2, 0) is 0 Å². The van der Waals surface area contributed by atoms with Gasteiger partial charge in [0.15, 0.2) is 0 Å². The summed E-state index contributed by atoms with van der Waals surface area (Å²) in [5, 5.41) is 11.1. The lowest BCUT2D eigenvalue weighted by molar-refractivity contribution is 0.287. The van der Waals surface area contributed by atoms with Gasteiger partial charge in [-0.25, -0.2) is 0 Å². The summed E-state index contributed by atoms with van der Waals surface area (Å²) in [5.74, 6) is 0. The van der Waals surface area contributed by atoms with Crippen LogP contribution in [0.3, 0.4) is 0 Å². The average Bonchev–Trinajstić information content (AvgIpc) is 1.91. The number of aliphatic hydroxyl groups is 1. The molecular formula is C8H21NO. The molecule has 0 aromatic carbocycles. The van der Waals surface area contributed by atoms with Crippen LogP contribution in [0, 0.1) is 0 Å². The molecule has 0 atom stereocenters. The van der Waals surface area contributed by atoms with Crippen molar-refractivity contribution in [2.45, 2.75) is 39.7 Å². The molecule has 0 aromatic rings. The summed E-state index contributed by atoms with van der Waals surface area (Å²) in [6, 6.07) is 0.634. The van der Waals surface area contributed by atoms with E-state index in [0.717, 1.165) is 12.8 Å². The van der Waals surface area contributed by atoms with E-state index >= 15 is 0 Å². The molecule has 0 spiro atoms. The van der Waals surface area contributed by atoms with E-state index in [1.165, 1.54) is 0 Å². The predicted octanol–water partition coefficient (Wildman–Crippen LogP) is 1.39. The number of hydrogen-bond donors (Lipinski definition) is 2. The van der Waals surface area contributed by atoms with Gasteiger partial charge in [0.05, 0.1) is 0 Å². The van der Waals surface area contributed by atoms with E-state index in [4.69, 9.17) is 5.11 Å². The van der Waals surface area contributed by atoms with Crippen LogP contribution in [0.5, 0.6) is 0 Å². The minimum atomic E-state index is 0.344. The third-order valence-electron chi connectivity index (χ3n) is 1.09. The second-order valence-electron chi connectivity index (χ2n) is 2.52. The Balaban J connectivity index is 0. The molecule has 0 bridgehead atoms. The molecular weight excluding hydrogens is 126 g/mol. The van der Waals surface area contributed by atoms with Crippen molar-refractivity contribution in [1.82, 2.24) is 5.32 Å². The van der Waals surface area contributed by atoms with E-state index in [1.807, 2.05) is 7.05 Å². The van der Waals surface area contributed by atoms with Gasteiger partial charge in [-0.3, -0.25) is 0 Å². The smallest absolute Gasteiger partial charge is 0.0430 e. The summed E-state index contributed by atoms with van der Waals surface area (Å²) < 4.78 is 0. The van der Waals surface area contributed by atoms with Gasteiger partial charge in [-0.2, -0.15) is 0 Å². The molecule has 0 aliphatic heterocycles. The molecule has 0 saturated heterocycles. The lowest BCUT2D eigenvalue weighted by atomic mass is 10.4. The van der Waals surface area contributed by atoms with Gasteiger partial charge in [-0.15, -0.1) is 0 Å². The van der Waals surface area contributed by atoms with Crippen LogP contribution < -0.4 is 5.32 Å². The first-order valence-electron chi connectivity index (χ1n) is 3.97. The number of rotatable bonds is 3. The minimum Gasteiger partial charge on any atom is -0.396 e. The topological polar surface area (TPSA) is 32.3 Å². The summed E-state index contributed by atoms with van der Waals surface area (Å²) in [5.41, 5.74) is 0. The Morgan fingerprint density at radius 3 is 1.80 bits per heavy atom. The Morgan fingerprint density at radius 1 is 1.40 bits per heavy atom. The largest absolute Gasteiger partial charge is 0.396 e. The first-order chi connectivity index (χ1) is 4.68. The lowest BCUT2D eigenvalue weighted by Crippen LogP contribution is -2.15. The van der Waals surface area contributed by atoms with Crippen LogP contribution in [0.15, 0.2) is 0 Å². The van der Waals surface area contributed by atoms with Gasteiger partial charge in [0, 0.05) is 12.6 Å². The van der Waals surface area contributed by atoms with Crippen LogP contribution in [0.2, 0.25) is 0 Å². The van der Waals surface area contributed by atoms with Gasteiger partial charge in [-0.05, 0) is 13.5 Å². The van der Waals surface area contributed by atoms with Crippen LogP contribution >= 0.6 is 0 Å². The van der Waals surface area contributed by atoms with Crippen LogP contribution in [0.4, 0.5) is 0 Å². The van der Waals surface area contributed by atoms with E-state index in [2.05, 4.69) is 26.1 Å². The van der Waals surface area contributed by atoms with Crippen LogP contribution in [-0.4, -0.2) is 24.8 Å². The second-order valence-corrected chi connectivity index (χ2v) is 2.52. The fraction of sp³-hybridized carbons (Fsp3) is 1.00. The molecule has 0 aliphatic carbocycles. The molecule has 2 nitrogen and oxygen atoms in total. The molecule has 0 unspecified atom stereocenters. The minimum absolute atomic E-state index is 0.344. The first kappa shape index (κ1) is 12.6. The van der Waals surface area contributed by atoms with Crippen molar-refractivity contribution in [2.24, 2.45) is 0 Å². The highest BCUT2D eigenvalue weighted by Gasteiger charge is 1.76. The Morgan fingerprint density at radius 2 is 1.80 bits per heavy atom. The maximum absolute atomic E-state index is 8.07. The number of hydrogen-bond acceptors (Lipinski definition) is 2. The molecule has 10 heavy (non-hydrogen) atoms. The third-order valence-corrected chi connectivity index (χ3v) is 1.09. The highest BCUT2D eigenvalue weighted by atomic mass is 16.2. The molecule has 64 valence electrons. The summed E-state index contributed by atoms with van der Waals surface area (Å²) in [7, 11) is 1.95. The second kappa shape index (κ2) is 11.7. The van der Waals surface area contributed by atoms with Crippen molar-refractivity contribution >= 4 is 0 Å². The molecule has 0 aromatic heterocycles. The highest BCUT2D eigenvalue weighted by Crippen LogP contribution is 1.78.